The molecule has 3 aromatic carbocycles. The van der Waals surface area contributed by atoms with E-state index in [1.165, 1.54) is 12.1 Å². The molecule has 0 amide bonds. The number of para-hydroxylation sites is 2. The smallest absolute Gasteiger partial charge is 0.416 e. The van der Waals surface area contributed by atoms with Crippen molar-refractivity contribution in [1.29, 1.82) is 5.16 Å². The molecule has 9 heteroatoms. The van der Waals surface area contributed by atoms with Gasteiger partial charge in [-0.15, -0.1) is 0 Å². The van der Waals surface area contributed by atoms with Crippen molar-refractivity contribution in [2.45, 2.75) is 19.5 Å². The van der Waals surface area contributed by atoms with Gasteiger partial charge in [0.05, 0.1) is 18.1 Å². The molecule has 3 aromatic rings. The molecule has 5 nitrogen and oxygen atoms in total. The number of alkyl halides is 3. The average molecular weight is 528 g/mol. The van der Waals surface area contributed by atoms with Gasteiger partial charge >= 0.3 is 12.1 Å². The number of hydrogen-bond donors (Lipinski definition) is 1. The first kappa shape index (κ1) is 26.6. The van der Waals surface area contributed by atoms with Crippen molar-refractivity contribution in [1.82, 2.24) is 0 Å². The van der Waals surface area contributed by atoms with Gasteiger partial charge in [-0.2, -0.15) is 13.2 Å². The maximum absolute atomic E-state index is 13.2. The van der Waals surface area contributed by atoms with Gasteiger partial charge in [-0.1, -0.05) is 55.1 Å². The van der Waals surface area contributed by atoms with Gasteiger partial charge in [0.2, 0.25) is 0 Å². The minimum absolute atomic E-state index is 0.0850. The molecule has 0 saturated carbocycles. The largest absolute Gasteiger partial charge is 0.466 e. The molecule has 4 rings (SSSR count). The van der Waals surface area contributed by atoms with Crippen LogP contribution in [-0.2, 0) is 22.1 Å². The molecule has 37 heavy (non-hydrogen) atoms. The van der Waals surface area contributed by atoms with E-state index in [9.17, 15) is 23.1 Å². The number of nitrogens with one attached hydrogen (secondary N) is 1. The van der Waals surface area contributed by atoms with Crippen LogP contribution in [0.5, 0.6) is 0 Å². The zero-order valence-corrected chi connectivity index (χ0v) is 21.4. The number of carbonyl (C=O) groups excluding carboxylic acids is 1. The third kappa shape index (κ3) is 5.44. The van der Waals surface area contributed by atoms with E-state index in [2.05, 4.69) is 6.58 Å². The van der Waals surface area contributed by atoms with Crippen molar-refractivity contribution in [2.75, 3.05) is 29.0 Å². The van der Waals surface area contributed by atoms with Crippen molar-refractivity contribution < 1.29 is 22.7 Å². The fraction of sp³-hybridized carbons (Fsp3) is 0.250. The highest BCUT2D eigenvalue weighted by atomic mass is 31.2. The van der Waals surface area contributed by atoms with Gasteiger partial charge in [0.15, 0.2) is 7.36 Å². The number of esters is 1. The summed E-state index contributed by atoms with van der Waals surface area (Å²) in [6.45, 7) is 7.28. The van der Waals surface area contributed by atoms with Crippen LogP contribution >= 0.6 is 7.36 Å². The lowest BCUT2D eigenvalue weighted by atomic mass is 9.98. The molecule has 0 aromatic heterocycles. The first-order valence-electron chi connectivity index (χ1n) is 12.0. The Morgan fingerprint density at radius 3 is 1.86 bits per heavy atom. The van der Waals surface area contributed by atoms with Crippen LogP contribution in [0.1, 0.15) is 18.1 Å². The number of hydrogen-bond acceptors (Lipinski definition) is 3. The van der Waals surface area contributed by atoms with Crippen LogP contribution in [-0.4, -0.2) is 25.7 Å². The van der Waals surface area contributed by atoms with E-state index in [0.717, 1.165) is 23.5 Å². The fourth-order valence-electron chi connectivity index (χ4n) is 4.57. The van der Waals surface area contributed by atoms with E-state index >= 15 is 0 Å². The van der Waals surface area contributed by atoms with Crippen molar-refractivity contribution in [3.05, 3.63) is 108 Å². The highest BCUT2D eigenvalue weighted by Crippen LogP contribution is 2.67. The first-order valence-corrected chi connectivity index (χ1v) is 13.7. The Labute approximate surface area is 215 Å². The molecule has 0 spiro atoms. The predicted octanol–water partition coefficient (Wildman–Crippen LogP) is 7.58. The molecular formula is C28H29F3N3O2P. The SMILES string of the molecule is C=C(C(Cc1ccc(C(F)(F)F)cc1)C(=O)OCC)P1(=N)N(c2ccccc2)CCN1c1ccccc1. The zero-order valence-electron chi connectivity index (χ0n) is 20.5. The zero-order chi connectivity index (χ0) is 26.6. The highest BCUT2D eigenvalue weighted by Gasteiger charge is 2.45. The van der Waals surface area contributed by atoms with Crippen molar-refractivity contribution >= 4 is 24.7 Å². The third-order valence-electron chi connectivity index (χ3n) is 6.43. The van der Waals surface area contributed by atoms with Crippen LogP contribution in [0.15, 0.2) is 96.8 Å². The summed E-state index contributed by atoms with van der Waals surface area (Å²) in [5.74, 6) is -1.44. The van der Waals surface area contributed by atoms with Gasteiger partial charge in [-0.25, -0.2) is 0 Å². The van der Waals surface area contributed by atoms with E-state index in [1.54, 1.807) is 6.92 Å². The maximum atomic E-state index is 13.2. The Bertz CT molecular complexity index is 1230. The average Bonchev–Trinajstić information content (AvgIpc) is 3.26. The van der Waals surface area contributed by atoms with E-state index < -0.39 is 31.0 Å². The number of anilines is 2. The number of ether oxygens (including phenoxy) is 1. The number of rotatable bonds is 8. The van der Waals surface area contributed by atoms with E-state index in [-0.39, 0.29) is 13.0 Å². The molecule has 1 heterocycles. The Hall–Kier alpha value is -3.51. The minimum atomic E-state index is -4.45. The molecule has 0 aliphatic carbocycles. The van der Waals surface area contributed by atoms with Gasteiger partial charge in [-0.05, 0) is 55.3 Å². The topological polar surface area (TPSA) is 56.6 Å². The molecule has 1 unspecified atom stereocenters. The predicted molar refractivity (Wildman–Crippen MR) is 142 cm³/mol. The van der Waals surface area contributed by atoms with Crippen molar-refractivity contribution in [2.24, 2.45) is 5.92 Å². The van der Waals surface area contributed by atoms with E-state index in [4.69, 9.17) is 4.74 Å². The minimum Gasteiger partial charge on any atom is -0.466 e. The van der Waals surface area contributed by atoms with Crippen molar-refractivity contribution in [3.8, 4) is 0 Å². The summed E-state index contributed by atoms with van der Waals surface area (Å²) in [7, 11) is -3.14. The summed E-state index contributed by atoms with van der Waals surface area (Å²) < 4.78 is 48.6. The van der Waals surface area contributed by atoms with Crippen LogP contribution < -0.4 is 9.34 Å². The summed E-state index contributed by atoms with van der Waals surface area (Å²) in [5, 5.41) is 10.3. The monoisotopic (exact) mass is 527 g/mol. The number of halogens is 3. The molecular weight excluding hydrogens is 498 g/mol. The normalized spacial score (nSPS) is 15.9. The quantitative estimate of drug-likeness (QED) is 0.242. The standard InChI is InChI=1S/C28H29F3N3O2P/c1-3-36-27(35)26(20-22-14-16-23(17-15-22)28(29,30)31)21(2)37(32)33(24-10-6-4-7-11-24)18-19-34(37)25-12-8-5-9-13-25/h4-17,26,32H,2-3,18-20H2,1H3. The van der Waals surface area contributed by atoms with Gasteiger partial charge in [0.25, 0.3) is 0 Å². The van der Waals surface area contributed by atoms with Crippen LogP contribution in [0.3, 0.4) is 0 Å². The molecule has 1 atom stereocenters. The summed E-state index contributed by atoms with van der Waals surface area (Å²) in [6, 6.07) is 23.9. The summed E-state index contributed by atoms with van der Waals surface area (Å²) >= 11 is 0. The third-order valence-corrected chi connectivity index (χ3v) is 9.80. The highest BCUT2D eigenvalue weighted by molar-refractivity contribution is 7.72. The Balaban J connectivity index is 1.76. The summed E-state index contributed by atoms with van der Waals surface area (Å²) in [6.07, 6.45) is -4.36. The van der Waals surface area contributed by atoms with Gasteiger partial charge in [-0.3, -0.25) is 9.96 Å². The molecule has 1 aliphatic rings. The summed E-state index contributed by atoms with van der Waals surface area (Å²) in [5.41, 5.74) is 1.48. The van der Waals surface area contributed by atoms with Gasteiger partial charge < -0.3 is 14.1 Å². The lowest BCUT2D eigenvalue weighted by molar-refractivity contribution is -0.146. The Morgan fingerprint density at radius 2 is 1.43 bits per heavy atom. The molecule has 1 fully saturated rings. The van der Waals surface area contributed by atoms with Gasteiger partial charge in [0.1, 0.15) is 0 Å². The lowest BCUT2D eigenvalue weighted by Crippen LogP contribution is -2.28. The molecule has 0 bridgehead atoms. The van der Waals surface area contributed by atoms with Crippen LogP contribution in [0.25, 0.3) is 0 Å². The van der Waals surface area contributed by atoms with Crippen LogP contribution in [0.2, 0.25) is 0 Å². The summed E-state index contributed by atoms with van der Waals surface area (Å²) in [4.78, 5) is 13.2. The first-order chi connectivity index (χ1) is 17.7. The maximum Gasteiger partial charge on any atom is 0.416 e. The van der Waals surface area contributed by atoms with Crippen LogP contribution in [0.4, 0.5) is 24.5 Å². The second kappa shape index (κ2) is 10.9. The van der Waals surface area contributed by atoms with E-state index in [0.29, 0.717) is 24.0 Å². The second-order valence-electron chi connectivity index (χ2n) is 8.71. The van der Waals surface area contributed by atoms with Crippen LogP contribution in [0, 0.1) is 11.1 Å². The Morgan fingerprint density at radius 1 is 0.946 bits per heavy atom. The Kier molecular flexibility index (Phi) is 7.79. The molecule has 0 radical (unpaired) electrons. The van der Waals surface area contributed by atoms with Gasteiger partial charge in [0, 0.05) is 29.8 Å². The van der Waals surface area contributed by atoms with Crippen molar-refractivity contribution in [3.63, 3.8) is 0 Å². The van der Waals surface area contributed by atoms with E-state index in [1.807, 2.05) is 70.0 Å². The number of carbonyl (C=O) groups is 1. The number of nitrogens with zero attached hydrogens (tertiary/aromatic N) is 2. The second-order valence-corrected chi connectivity index (χ2v) is 11.5. The number of benzene rings is 3. The molecule has 194 valence electrons. The lowest BCUT2D eigenvalue weighted by Gasteiger charge is -2.39. The molecule has 1 aliphatic heterocycles. The molecule has 1 saturated heterocycles. The fourth-order valence-corrected chi connectivity index (χ4v) is 7.78. The molecule has 1 N–H and O–H groups in total.